The lowest BCUT2D eigenvalue weighted by Gasteiger charge is -2.42. The molecule has 1 saturated heterocycles. The summed E-state index contributed by atoms with van der Waals surface area (Å²) < 4.78 is 0. The molecule has 0 spiro atoms. The van der Waals surface area contributed by atoms with Crippen molar-refractivity contribution in [1.29, 1.82) is 0 Å². The van der Waals surface area contributed by atoms with E-state index >= 15 is 0 Å². The van der Waals surface area contributed by atoms with Gasteiger partial charge in [-0.1, -0.05) is 26.0 Å². The average Bonchev–Trinajstić information content (AvgIpc) is 2.34. The van der Waals surface area contributed by atoms with Crippen LogP contribution in [0.5, 0.6) is 0 Å². The van der Waals surface area contributed by atoms with Crippen molar-refractivity contribution in [3.8, 4) is 0 Å². The van der Waals surface area contributed by atoms with E-state index in [1.165, 1.54) is 24.2 Å². The molecule has 100 valence electrons. The molecule has 2 rings (SSSR count). The first-order valence-electron chi connectivity index (χ1n) is 7.11. The monoisotopic (exact) mass is 246 g/mol. The van der Waals surface area contributed by atoms with Crippen LogP contribution in [0.1, 0.15) is 45.7 Å². The number of rotatable bonds is 2. The first-order chi connectivity index (χ1) is 8.49. The molecule has 4 atom stereocenters. The van der Waals surface area contributed by atoms with Gasteiger partial charge in [0.1, 0.15) is 0 Å². The summed E-state index contributed by atoms with van der Waals surface area (Å²) in [5.74, 6) is 1.55. The van der Waals surface area contributed by atoms with Crippen molar-refractivity contribution in [2.45, 2.75) is 46.2 Å². The molecular formula is C16H26N2. The summed E-state index contributed by atoms with van der Waals surface area (Å²) in [6.45, 7) is 10.3. The van der Waals surface area contributed by atoms with Crippen LogP contribution in [0.25, 0.3) is 0 Å². The van der Waals surface area contributed by atoms with Gasteiger partial charge in [0.05, 0.1) is 0 Å². The molecule has 1 aliphatic heterocycles. The zero-order chi connectivity index (χ0) is 13.3. The Bertz CT molecular complexity index is 383. The number of nitrogens with zero attached hydrogens (tertiary/aromatic N) is 1. The Morgan fingerprint density at radius 2 is 1.78 bits per heavy atom. The highest BCUT2D eigenvalue weighted by molar-refractivity contribution is 5.49. The molecule has 1 aromatic rings. The SMILES string of the molecule is CC1CC(C)C(C)N(c2ccc([C@H](C)N)cc2)C1. The van der Waals surface area contributed by atoms with Gasteiger partial charge < -0.3 is 10.6 Å². The maximum Gasteiger partial charge on any atom is 0.0369 e. The van der Waals surface area contributed by atoms with Crippen LogP contribution >= 0.6 is 0 Å². The van der Waals surface area contributed by atoms with Crippen LogP contribution in [-0.2, 0) is 0 Å². The maximum atomic E-state index is 5.90. The number of hydrogen-bond donors (Lipinski definition) is 1. The van der Waals surface area contributed by atoms with Crippen LogP contribution in [0.15, 0.2) is 24.3 Å². The van der Waals surface area contributed by atoms with E-state index in [0.29, 0.717) is 6.04 Å². The minimum absolute atomic E-state index is 0.121. The second-order valence-corrected chi connectivity index (χ2v) is 6.09. The van der Waals surface area contributed by atoms with Crippen LogP contribution in [-0.4, -0.2) is 12.6 Å². The van der Waals surface area contributed by atoms with Crippen molar-refractivity contribution in [2.75, 3.05) is 11.4 Å². The van der Waals surface area contributed by atoms with Crippen molar-refractivity contribution < 1.29 is 0 Å². The highest BCUT2D eigenvalue weighted by atomic mass is 15.2. The Balaban J connectivity index is 2.19. The average molecular weight is 246 g/mol. The van der Waals surface area contributed by atoms with E-state index in [1.807, 2.05) is 6.92 Å². The van der Waals surface area contributed by atoms with Crippen molar-refractivity contribution in [3.05, 3.63) is 29.8 Å². The van der Waals surface area contributed by atoms with Gasteiger partial charge in [0.25, 0.3) is 0 Å². The number of benzene rings is 1. The fourth-order valence-corrected chi connectivity index (χ4v) is 3.03. The second kappa shape index (κ2) is 5.31. The zero-order valence-corrected chi connectivity index (χ0v) is 12.1. The van der Waals surface area contributed by atoms with E-state index in [0.717, 1.165) is 11.8 Å². The standard InChI is InChI=1S/C16H26N2/c1-11-9-12(2)14(4)18(10-11)16-7-5-15(6-8-16)13(3)17/h5-8,11-14H,9-10,17H2,1-4H3/t11?,12?,13-,14?/m0/s1. The van der Waals surface area contributed by atoms with E-state index in [1.54, 1.807) is 0 Å². The van der Waals surface area contributed by atoms with Crippen LogP contribution < -0.4 is 10.6 Å². The number of piperidine rings is 1. The molecule has 1 fully saturated rings. The first-order valence-corrected chi connectivity index (χ1v) is 7.11. The van der Waals surface area contributed by atoms with Gasteiger partial charge in [-0.2, -0.15) is 0 Å². The van der Waals surface area contributed by atoms with Crippen molar-refractivity contribution >= 4 is 5.69 Å². The van der Waals surface area contributed by atoms with Gasteiger partial charge in [0.15, 0.2) is 0 Å². The van der Waals surface area contributed by atoms with Gasteiger partial charge in [-0.05, 0) is 49.8 Å². The predicted molar refractivity (Wildman–Crippen MR) is 78.8 cm³/mol. The highest BCUT2D eigenvalue weighted by Crippen LogP contribution is 2.31. The van der Waals surface area contributed by atoms with E-state index in [-0.39, 0.29) is 6.04 Å². The molecule has 1 heterocycles. The fraction of sp³-hybridized carbons (Fsp3) is 0.625. The van der Waals surface area contributed by atoms with Gasteiger partial charge in [-0.3, -0.25) is 0 Å². The predicted octanol–water partition coefficient (Wildman–Crippen LogP) is 3.58. The largest absolute Gasteiger partial charge is 0.368 e. The molecule has 3 unspecified atom stereocenters. The van der Waals surface area contributed by atoms with Crippen LogP contribution in [0.4, 0.5) is 5.69 Å². The summed E-state index contributed by atoms with van der Waals surface area (Å²) in [4.78, 5) is 2.55. The summed E-state index contributed by atoms with van der Waals surface area (Å²) in [7, 11) is 0. The topological polar surface area (TPSA) is 29.3 Å². The lowest BCUT2D eigenvalue weighted by Crippen LogP contribution is -2.45. The summed E-state index contributed by atoms with van der Waals surface area (Å²) in [5, 5.41) is 0. The number of nitrogens with two attached hydrogens (primary N) is 1. The lowest BCUT2D eigenvalue weighted by molar-refractivity contribution is 0.297. The molecule has 0 aliphatic carbocycles. The number of anilines is 1. The molecule has 2 nitrogen and oxygen atoms in total. The van der Waals surface area contributed by atoms with E-state index in [9.17, 15) is 0 Å². The van der Waals surface area contributed by atoms with Crippen LogP contribution in [0, 0.1) is 11.8 Å². The summed E-state index contributed by atoms with van der Waals surface area (Å²) >= 11 is 0. The van der Waals surface area contributed by atoms with Crippen molar-refractivity contribution in [2.24, 2.45) is 17.6 Å². The Hall–Kier alpha value is -1.02. The normalized spacial score (nSPS) is 30.3. The smallest absolute Gasteiger partial charge is 0.0369 e. The van der Waals surface area contributed by atoms with E-state index in [4.69, 9.17) is 5.73 Å². The minimum Gasteiger partial charge on any atom is -0.368 e. The van der Waals surface area contributed by atoms with Crippen molar-refractivity contribution in [1.82, 2.24) is 0 Å². The molecule has 0 saturated carbocycles. The van der Waals surface area contributed by atoms with E-state index < -0.39 is 0 Å². The third kappa shape index (κ3) is 2.69. The molecule has 1 aliphatic rings. The third-order valence-corrected chi connectivity index (χ3v) is 4.35. The molecule has 1 aromatic carbocycles. The fourth-order valence-electron chi connectivity index (χ4n) is 3.03. The maximum absolute atomic E-state index is 5.90. The third-order valence-electron chi connectivity index (χ3n) is 4.35. The summed E-state index contributed by atoms with van der Waals surface area (Å²) in [6.07, 6.45) is 1.34. The number of hydrogen-bond acceptors (Lipinski definition) is 2. The van der Waals surface area contributed by atoms with Crippen LogP contribution in [0.3, 0.4) is 0 Å². The van der Waals surface area contributed by atoms with Crippen molar-refractivity contribution in [3.63, 3.8) is 0 Å². The quantitative estimate of drug-likeness (QED) is 0.864. The summed E-state index contributed by atoms with van der Waals surface area (Å²) in [5.41, 5.74) is 8.45. The molecule has 0 aromatic heterocycles. The zero-order valence-electron chi connectivity index (χ0n) is 12.1. The first kappa shape index (κ1) is 13.4. The summed E-state index contributed by atoms with van der Waals surface area (Å²) in [6, 6.07) is 9.52. The minimum atomic E-state index is 0.121. The molecule has 2 N–H and O–H groups in total. The molecular weight excluding hydrogens is 220 g/mol. The van der Waals surface area contributed by atoms with Crippen LogP contribution in [0.2, 0.25) is 0 Å². The Morgan fingerprint density at radius 3 is 2.33 bits per heavy atom. The Kier molecular flexibility index (Phi) is 3.96. The second-order valence-electron chi connectivity index (χ2n) is 6.09. The van der Waals surface area contributed by atoms with Gasteiger partial charge in [0.2, 0.25) is 0 Å². The van der Waals surface area contributed by atoms with Gasteiger partial charge in [-0.25, -0.2) is 0 Å². The molecule has 0 bridgehead atoms. The Morgan fingerprint density at radius 1 is 1.17 bits per heavy atom. The Labute approximate surface area is 111 Å². The molecule has 2 heteroatoms. The highest BCUT2D eigenvalue weighted by Gasteiger charge is 2.28. The van der Waals surface area contributed by atoms with Gasteiger partial charge in [0, 0.05) is 24.3 Å². The van der Waals surface area contributed by atoms with E-state index in [2.05, 4.69) is 49.9 Å². The molecule has 18 heavy (non-hydrogen) atoms. The molecule has 0 amide bonds. The van der Waals surface area contributed by atoms with Gasteiger partial charge in [-0.15, -0.1) is 0 Å². The lowest BCUT2D eigenvalue weighted by atomic mass is 9.85. The molecule has 0 radical (unpaired) electrons. The van der Waals surface area contributed by atoms with Gasteiger partial charge >= 0.3 is 0 Å².